The molecule has 1 saturated heterocycles. The van der Waals surface area contributed by atoms with Crippen molar-refractivity contribution in [3.05, 3.63) is 35.9 Å². The van der Waals surface area contributed by atoms with Crippen LogP contribution in [-0.2, 0) is 16.1 Å². The van der Waals surface area contributed by atoms with Gasteiger partial charge in [0.1, 0.15) is 12.6 Å². The standard InChI is InChI=1S/C14H14F3NO4/c15-14(16,17)11-6-10(12(19)20)7-18(11)13(21)22-8-9-4-2-1-3-5-9/h1-5,10-11H,6-8H2,(H,19,20). The Morgan fingerprint density at radius 1 is 1.27 bits per heavy atom. The Labute approximate surface area is 124 Å². The van der Waals surface area contributed by atoms with Gasteiger partial charge in [-0.25, -0.2) is 4.79 Å². The lowest BCUT2D eigenvalue weighted by Crippen LogP contribution is -2.44. The highest BCUT2D eigenvalue weighted by Gasteiger charge is 2.53. The van der Waals surface area contributed by atoms with Crippen LogP contribution < -0.4 is 0 Å². The number of halogens is 3. The lowest BCUT2D eigenvalue weighted by Gasteiger charge is -2.25. The van der Waals surface area contributed by atoms with Crippen molar-refractivity contribution in [3.8, 4) is 0 Å². The summed E-state index contributed by atoms with van der Waals surface area (Å²) in [5, 5.41) is 8.86. The summed E-state index contributed by atoms with van der Waals surface area (Å²) in [5.74, 6) is -2.59. The second-order valence-corrected chi connectivity index (χ2v) is 5.02. The molecule has 8 heteroatoms. The highest BCUT2D eigenvalue weighted by atomic mass is 19.4. The molecule has 0 aliphatic carbocycles. The summed E-state index contributed by atoms with van der Waals surface area (Å²) in [4.78, 5) is 23.2. The fraction of sp³-hybridized carbons (Fsp3) is 0.429. The third kappa shape index (κ3) is 3.69. The first-order valence-corrected chi connectivity index (χ1v) is 6.56. The topological polar surface area (TPSA) is 66.8 Å². The Hall–Kier alpha value is -2.25. The number of hydrogen-bond acceptors (Lipinski definition) is 3. The van der Waals surface area contributed by atoms with Crippen LogP contribution in [0.1, 0.15) is 12.0 Å². The number of ether oxygens (including phenoxy) is 1. The van der Waals surface area contributed by atoms with Crippen molar-refractivity contribution in [2.75, 3.05) is 6.54 Å². The number of nitrogens with zero attached hydrogens (tertiary/aromatic N) is 1. The molecule has 120 valence electrons. The average molecular weight is 317 g/mol. The molecule has 1 N–H and O–H groups in total. The molecule has 1 aromatic rings. The molecule has 1 aromatic carbocycles. The third-order valence-electron chi connectivity index (χ3n) is 3.47. The van der Waals surface area contributed by atoms with E-state index >= 15 is 0 Å². The zero-order valence-electron chi connectivity index (χ0n) is 11.4. The number of hydrogen-bond donors (Lipinski definition) is 1. The van der Waals surface area contributed by atoms with Gasteiger partial charge in [-0.15, -0.1) is 0 Å². The minimum atomic E-state index is -4.68. The average Bonchev–Trinajstić information content (AvgIpc) is 2.91. The van der Waals surface area contributed by atoms with Crippen molar-refractivity contribution in [1.29, 1.82) is 0 Å². The normalized spacial score (nSPS) is 21.7. The number of carboxylic acids is 1. The van der Waals surface area contributed by atoms with Crippen LogP contribution in [0.2, 0.25) is 0 Å². The van der Waals surface area contributed by atoms with Gasteiger partial charge in [-0.2, -0.15) is 13.2 Å². The van der Waals surface area contributed by atoms with Gasteiger partial charge in [0, 0.05) is 6.54 Å². The van der Waals surface area contributed by atoms with Crippen LogP contribution in [0.15, 0.2) is 30.3 Å². The predicted molar refractivity (Wildman–Crippen MR) is 68.9 cm³/mol. The second kappa shape index (κ2) is 6.25. The lowest BCUT2D eigenvalue weighted by atomic mass is 10.1. The van der Waals surface area contributed by atoms with Gasteiger partial charge in [-0.05, 0) is 12.0 Å². The smallest absolute Gasteiger partial charge is 0.410 e. The largest absolute Gasteiger partial charge is 0.481 e. The van der Waals surface area contributed by atoms with Crippen molar-refractivity contribution in [2.45, 2.75) is 25.2 Å². The summed E-state index contributed by atoms with van der Waals surface area (Å²) in [6.07, 6.45) is -6.50. The number of aliphatic carboxylic acids is 1. The van der Waals surface area contributed by atoms with Crippen LogP contribution >= 0.6 is 0 Å². The minimum absolute atomic E-state index is 0.168. The fourth-order valence-electron chi connectivity index (χ4n) is 2.33. The summed E-state index contributed by atoms with van der Waals surface area (Å²) in [7, 11) is 0. The molecule has 5 nitrogen and oxygen atoms in total. The van der Waals surface area contributed by atoms with Crippen LogP contribution in [0.25, 0.3) is 0 Å². The predicted octanol–water partition coefficient (Wildman–Crippen LogP) is 2.66. The summed E-state index contributed by atoms with van der Waals surface area (Å²) < 4.78 is 43.6. The maximum absolute atomic E-state index is 12.9. The molecule has 0 spiro atoms. The van der Waals surface area contributed by atoms with E-state index in [9.17, 15) is 22.8 Å². The molecule has 1 amide bonds. The zero-order valence-corrected chi connectivity index (χ0v) is 11.4. The van der Waals surface area contributed by atoms with Gasteiger partial charge in [-0.3, -0.25) is 9.69 Å². The number of alkyl halides is 3. The van der Waals surface area contributed by atoms with Crippen molar-refractivity contribution in [1.82, 2.24) is 4.90 Å². The maximum atomic E-state index is 12.9. The first-order valence-electron chi connectivity index (χ1n) is 6.56. The molecule has 1 aliphatic heterocycles. The van der Waals surface area contributed by atoms with Crippen molar-refractivity contribution in [3.63, 3.8) is 0 Å². The van der Waals surface area contributed by atoms with E-state index in [1.54, 1.807) is 30.3 Å². The van der Waals surface area contributed by atoms with Crippen molar-refractivity contribution in [2.24, 2.45) is 5.92 Å². The van der Waals surface area contributed by atoms with Gasteiger partial charge in [0.25, 0.3) is 0 Å². The summed E-state index contributed by atoms with van der Waals surface area (Å²) in [5.41, 5.74) is 0.633. The molecule has 1 aliphatic rings. The van der Waals surface area contributed by atoms with E-state index in [2.05, 4.69) is 0 Å². The zero-order chi connectivity index (χ0) is 16.3. The van der Waals surface area contributed by atoms with Gasteiger partial charge in [0.15, 0.2) is 0 Å². The molecule has 0 saturated carbocycles. The highest BCUT2D eigenvalue weighted by Crippen LogP contribution is 2.35. The van der Waals surface area contributed by atoms with Gasteiger partial charge in [0.2, 0.25) is 0 Å². The molecule has 2 rings (SSSR count). The van der Waals surface area contributed by atoms with Crippen LogP contribution in [-0.4, -0.2) is 40.8 Å². The number of rotatable bonds is 3. The monoisotopic (exact) mass is 317 g/mol. The number of carbonyl (C=O) groups is 2. The van der Waals surface area contributed by atoms with E-state index in [-0.39, 0.29) is 6.61 Å². The maximum Gasteiger partial charge on any atom is 0.410 e. The first-order chi connectivity index (χ1) is 10.3. The molecule has 1 fully saturated rings. The van der Waals surface area contributed by atoms with Gasteiger partial charge in [0.05, 0.1) is 5.92 Å². The van der Waals surface area contributed by atoms with Crippen LogP contribution in [0, 0.1) is 5.92 Å². The van der Waals surface area contributed by atoms with E-state index in [0.29, 0.717) is 10.5 Å². The molecule has 0 radical (unpaired) electrons. The number of likely N-dealkylation sites (tertiary alicyclic amines) is 1. The second-order valence-electron chi connectivity index (χ2n) is 5.02. The fourth-order valence-corrected chi connectivity index (χ4v) is 2.33. The molecule has 0 bridgehead atoms. The quantitative estimate of drug-likeness (QED) is 0.931. The molecular formula is C14H14F3NO4. The van der Waals surface area contributed by atoms with Crippen molar-refractivity contribution >= 4 is 12.1 Å². The molecule has 2 unspecified atom stereocenters. The number of carbonyl (C=O) groups excluding carboxylic acids is 1. The van der Waals surface area contributed by atoms with Gasteiger partial charge < -0.3 is 9.84 Å². The van der Waals surface area contributed by atoms with Crippen LogP contribution in [0.5, 0.6) is 0 Å². The van der Waals surface area contributed by atoms with Gasteiger partial charge >= 0.3 is 18.2 Å². The van der Waals surface area contributed by atoms with Crippen LogP contribution in [0.4, 0.5) is 18.0 Å². The number of carboxylic acid groups (broad SMARTS) is 1. The Kier molecular flexibility index (Phi) is 4.58. The van der Waals surface area contributed by atoms with E-state index < -0.39 is 43.2 Å². The lowest BCUT2D eigenvalue weighted by molar-refractivity contribution is -0.172. The summed E-state index contributed by atoms with van der Waals surface area (Å²) >= 11 is 0. The van der Waals surface area contributed by atoms with E-state index in [4.69, 9.17) is 9.84 Å². The highest BCUT2D eigenvalue weighted by molar-refractivity contribution is 5.74. The third-order valence-corrected chi connectivity index (χ3v) is 3.47. The molecule has 0 aromatic heterocycles. The van der Waals surface area contributed by atoms with Gasteiger partial charge in [-0.1, -0.05) is 30.3 Å². The number of amides is 1. The Morgan fingerprint density at radius 2 is 1.91 bits per heavy atom. The summed E-state index contributed by atoms with van der Waals surface area (Å²) in [6.45, 7) is -0.675. The van der Waals surface area contributed by atoms with E-state index in [1.807, 2.05) is 0 Å². The Morgan fingerprint density at radius 3 is 2.45 bits per heavy atom. The van der Waals surface area contributed by atoms with E-state index in [0.717, 1.165) is 0 Å². The number of benzene rings is 1. The SMILES string of the molecule is O=C(O)C1CC(C(F)(F)F)N(C(=O)OCc2ccccc2)C1. The van der Waals surface area contributed by atoms with Crippen molar-refractivity contribution < 1.29 is 32.6 Å². The van der Waals surface area contributed by atoms with E-state index in [1.165, 1.54) is 0 Å². The molecule has 1 heterocycles. The first kappa shape index (κ1) is 16.1. The minimum Gasteiger partial charge on any atom is -0.481 e. The molecule has 2 atom stereocenters. The Balaban J connectivity index is 2.04. The summed E-state index contributed by atoms with van der Waals surface area (Å²) in [6, 6.07) is 6.37. The molecule has 22 heavy (non-hydrogen) atoms. The molecular weight excluding hydrogens is 303 g/mol. The van der Waals surface area contributed by atoms with Crippen LogP contribution in [0.3, 0.4) is 0 Å². The Bertz CT molecular complexity index is 547.